The normalized spacial score (nSPS) is 11.9. The lowest BCUT2D eigenvalue weighted by atomic mass is 10.1. The van der Waals surface area contributed by atoms with Crippen LogP contribution in [0.4, 0.5) is 0 Å². The zero-order valence-corrected chi connectivity index (χ0v) is 11.6. The molecule has 1 rings (SSSR count). The van der Waals surface area contributed by atoms with Crippen LogP contribution in [0.2, 0.25) is 5.02 Å². The van der Waals surface area contributed by atoms with Crippen LogP contribution in [0, 0.1) is 0 Å². The van der Waals surface area contributed by atoms with E-state index in [4.69, 9.17) is 16.7 Å². The van der Waals surface area contributed by atoms with Gasteiger partial charge in [0.25, 0.3) is 0 Å². The molecule has 0 heterocycles. The molecule has 0 aliphatic rings. The van der Waals surface area contributed by atoms with Crippen molar-refractivity contribution in [1.29, 1.82) is 0 Å². The number of rotatable bonds is 7. The Hall–Kier alpha value is -1.39. The first-order valence-corrected chi connectivity index (χ1v) is 6.59. The fraction of sp³-hybridized carbons (Fsp3) is 0.429. The van der Waals surface area contributed by atoms with Crippen LogP contribution in [0.15, 0.2) is 24.3 Å². The van der Waals surface area contributed by atoms with Crippen LogP contribution < -0.4 is 5.32 Å². The summed E-state index contributed by atoms with van der Waals surface area (Å²) in [7, 11) is 0. The molecule has 1 amide bonds. The number of amides is 1. The smallest absolute Gasteiger partial charge is 0.220 e. The van der Waals surface area contributed by atoms with Crippen LogP contribution >= 0.6 is 11.6 Å². The highest BCUT2D eigenvalue weighted by Crippen LogP contribution is 2.11. The highest BCUT2D eigenvalue weighted by molar-refractivity contribution is 6.30. The molecule has 0 bridgehead atoms. The summed E-state index contributed by atoms with van der Waals surface area (Å²) in [5, 5.41) is 12.0. The largest absolute Gasteiger partial charge is 0.396 e. The maximum absolute atomic E-state index is 11.8. The first-order valence-electron chi connectivity index (χ1n) is 6.22. The van der Waals surface area contributed by atoms with Crippen molar-refractivity contribution in [2.45, 2.75) is 32.2 Å². The molecule has 0 radical (unpaired) electrons. The number of Topliss-reactive ketones (excluding diaryl/α,β-unsaturated/α-hetero) is 1. The number of hydrogen-bond donors (Lipinski definition) is 2. The number of halogens is 1. The minimum Gasteiger partial charge on any atom is -0.396 e. The van der Waals surface area contributed by atoms with Crippen molar-refractivity contribution >= 4 is 23.3 Å². The first kappa shape index (κ1) is 15.7. The van der Waals surface area contributed by atoms with E-state index in [2.05, 4.69) is 5.32 Å². The van der Waals surface area contributed by atoms with Crippen molar-refractivity contribution in [3.05, 3.63) is 34.9 Å². The fourth-order valence-electron chi connectivity index (χ4n) is 1.62. The first-order chi connectivity index (χ1) is 9.02. The highest BCUT2D eigenvalue weighted by Gasteiger charge is 2.11. The Balaban J connectivity index is 2.37. The Morgan fingerprint density at radius 3 is 2.47 bits per heavy atom. The van der Waals surface area contributed by atoms with Gasteiger partial charge in [0.1, 0.15) is 0 Å². The minimum absolute atomic E-state index is 0.0329. The standard InChI is InChI=1S/C14H18ClNO3/c1-10(8-9-17)16-14(19)7-6-13(18)11-2-4-12(15)5-3-11/h2-5,10,17H,6-9H2,1H3,(H,16,19). The number of ketones is 1. The summed E-state index contributed by atoms with van der Waals surface area (Å²) in [6.45, 7) is 1.85. The van der Waals surface area contributed by atoms with Crippen LogP contribution in [-0.4, -0.2) is 29.4 Å². The van der Waals surface area contributed by atoms with E-state index in [1.54, 1.807) is 24.3 Å². The second kappa shape index (κ2) is 7.92. The number of carbonyl (C=O) groups excluding carboxylic acids is 2. The lowest BCUT2D eigenvalue weighted by molar-refractivity contribution is -0.121. The molecule has 1 atom stereocenters. The van der Waals surface area contributed by atoms with Crippen LogP contribution in [0.1, 0.15) is 36.5 Å². The van der Waals surface area contributed by atoms with Gasteiger partial charge in [-0.15, -0.1) is 0 Å². The van der Waals surface area contributed by atoms with Crippen molar-refractivity contribution in [2.24, 2.45) is 0 Å². The molecule has 19 heavy (non-hydrogen) atoms. The van der Waals surface area contributed by atoms with Gasteiger partial charge in [-0.25, -0.2) is 0 Å². The zero-order valence-electron chi connectivity index (χ0n) is 10.9. The van der Waals surface area contributed by atoms with Gasteiger partial charge in [-0.05, 0) is 37.6 Å². The van der Waals surface area contributed by atoms with E-state index in [-0.39, 0.29) is 37.2 Å². The Morgan fingerprint density at radius 1 is 1.26 bits per heavy atom. The zero-order chi connectivity index (χ0) is 14.3. The van der Waals surface area contributed by atoms with Crippen molar-refractivity contribution in [3.8, 4) is 0 Å². The summed E-state index contributed by atoms with van der Waals surface area (Å²) in [4.78, 5) is 23.4. The van der Waals surface area contributed by atoms with Gasteiger partial charge in [0, 0.05) is 36.1 Å². The second-order valence-corrected chi connectivity index (χ2v) is 4.85. The van der Waals surface area contributed by atoms with Crippen LogP contribution in [0.25, 0.3) is 0 Å². The average Bonchev–Trinajstić information content (AvgIpc) is 2.37. The molecule has 4 nitrogen and oxygen atoms in total. The van der Waals surface area contributed by atoms with E-state index in [9.17, 15) is 9.59 Å². The molecule has 0 saturated carbocycles. The van der Waals surface area contributed by atoms with Crippen LogP contribution in [0.5, 0.6) is 0 Å². The molecule has 0 spiro atoms. The number of carbonyl (C=O) groups is 2. The Labute approximate surface area is 117 Å². The number of benzene rings is 1. The van der Waals surface area contributed by atoms with Crippen molar-refractivity contribution < 1.29 is 14.7 Å². The van der Waals surface area contributed by atoms with Crippen molar-refractivity contribution in [2.75, 3.05) is 6.61 Å². The van der Waals surface area contributed by atoms with Gasteiger partial charge in [0.15, 0.2) is 5.78 Å². The lowest BCUT2D eigenvalue weighted by Crippen LogP contribution is -2.33. The third-order valence-electron chi connectivity index (χ3n) is 2.71. The summed E-state index contributed by atoms with van der Waals surface area (Å²) >= 11 is 5.74. The molecular formula is C14H18ClNO3. The van der Waals surface area contributed by atoms with E-state index < -0.39 is 0 Å². The third kappa shape index (κ3) is 5.85. The maximum Gasteiger partial charge on any atom is 0.220 e. The Kier molecular flexibility index (Phi) is 6.53. The molecular weight excluding hydrogens is 266 g/mol. The number of nitrogens with one attached hydrogen (secondary N) is 1. The van der Waals surface area contributed by atoms with E-state index in [1.165, 1.54) is 0 Å². The molecule has 1 unspecified atom stereocenters. The van der Waals surface area contributed by atoms with Gasteiger partial charge in [-0.1, -0.05) is 11.6 Å². The van der Waals surface area contributed by atoms with Crippen molar-refractivity contribution in [1.82, 2.24) is 5.32 Å². The number of aliphatic hydroxyl groups is 1. The molecule has 0 saturated heterocycles. The second-order valence-electron chi connectivity index (χ2n) is 4.41. The predicted octanol–water partition coefficient (Wildman–Crippen LogP) is 2.19. The molecule has 1 aromatic rings. The molecule has 0 aliphatic carbocycles. The Morgan fingerprint density at radius 2 is 1.89 bits per heavy atom. The maximum atomic E-state index is 11.8. The van der Waals surface area contributed by atoms with Gasteiger partial charge in [0.05, 0.1) is 0 Å². The number of aliphatic hydroxyl groups excluding tert-OH is 1. The van der Waals surface area contributed by atoms with Crippen LogP contribution in [0.3, 0.4) is 0 Å². The SMILES string of the molecule is CC(CCO)NC(=O)CCC(=O)c1ccc(Cl)cc1. The molecule has 5 heteroatoms. The summed E-state index contributed by atoms with van der Waals surface area (Å²) in [5.41, 5.74) is 0.556. The minimum atomic E-state index is -0.178. The predicted molar refractivity (Wildman–Crippen MR) is 74.3 cm³/mol. The summed E-state index contributed by atoms with van der Waals surface area (Å²) < 4.78 is 0. The van der Waals surface area contributed by atoms with Gasteiger partial charge in [0.2, 0.25) is 5.91 Å². The van der Waals surface area contributed by atoms with E-state index in [0.29, 0.717) is 17.0 Å². The van der Waals surface area contributed by atoms with E-state index in [1.807, 2.05) is 6.92 Å². The molecule has 0 fully saturated rings. The molecule has 0 aliphatic heterocycles. The van der Waals surface area contributed by atoms with E-state index >= 15 is 0 Å². The van der Waals surface area contributed by atoms with Crippen LogP contribution in [-0.2, 0) is 4.79 Å². The van der Waals surface area contributed by atoms with Gasteiger partial charge < -0.3 is 10.4 Å². The van der Waals surface area contributed by atoms with E-state index in [0.717, 1.165) is 0 Å². The molecule has 2 N–H and O–H groups in total. The summed E-state index contributed by atoms with van der Waals surface area (Å²) in [5.74, 6) is -0.259. The van der Waals surface area contributed by atoms with Crippen molar-refractivity contribution in [3.63, 3.8) is 0 Å². The Bertz CT molecular complexity index is 431. The number of hydrogen-bond acceptors (Lipinski definition) is 3. The molecule has 0 aromatic heterocycles. The average molecular weight is 284 g/mol. The summed E-state index contributed by atoms with van der Waals surface area (Å²) in [6.07, 6.45) is 0.827. The monoisotopic (exact) mass is 283 g/mol. The van der Waals surface area contributed by atoms with Gasteiger partial charge in [-0.2, -0.15) is 0 Å². The quantitative estimate of drug-likeness (QED) is 0.754. The van der Waals surface area contributed by atoms with Gasteiger partial charge in [-0.3, -0.25) is 9.59 Å². The highest BCUT2D eigenvalue weighted by atomic mass is 35.5. The third-order valence-corrected chi connectivity index (χ3v) is 2.97. The summed E-state index contributed by atoms with van der Waals surface area (Å²) in [6, 6.07) is 6.52. The van der Waals surface area contributed by atoms with Gasteiger partial charge >= 0.3 is 0 Å². The topological polar surface area (TPSA) is 66.4 Å². The molecule has 1 aromatic carbocycles. The lowest BCUT2D eigenvalue weighted by Gasteiger charge is -2.11. The molecule has 104 valence electrons. The fourth-order valence-corrected chi connectivity index (χ4v) is 1.75.